The van der Waals surface area contributed by atoms with Crippen molar-refractivity contribution in [2.24, 2.45) is 0 Å². The molecule has 3 heterocycles. The maximum absolute atomic E-state index is 13.0. The van der Waals surface area contributed by atoms with Crippen molar-refractivity contribution in [2.45, 2.75) is 25.3 Å². The summed E-state index contributed by atoms with van der Waals surface area (Å²) in [5, 5.41) is 5.45. The molecule has 1 aromatic rings. The van der Waals surface area contributed by atoms with Crippen molar-refractivity contribution in [2.75, 3.05) is 39.3 Å². The maximum atomic E-state index is 13.0. The zero-order valence-electron chi connectivity index (χ0n) is 11.9. The molecule has 1 aromatic heterocycles. The van der Waals surface area contributed by atoms with Gasteiger partial charge in [-0.05, 0) is 30.7 Å². The van der Waals surface area contributed by atoms with Gasteiger partial charge in [0.2, 0.25) is 5.91 Å². The highest BCUT2D eigenvalue weighted by Gasteiger charge is 2.33. The molecule has 20 heavy (non-hydrogen) atoms. The Morgan fingerprint density at radius 1 is 1.15 bits per heavy atom. The van der Waals surface area contributed by atoms with Gasteiger partial charge in [-0.3, -0.25) is 9.69 Å². The summed E-state index contributed by atoms with van der Waals surface area (Å²) in [6.07, 6.45) is 3.58. The molecule has 1 amide bonds. The number of hydrogen-bond acceptors (Lipinski definition) is 4. The van der Waals surface area contributed by atoms with Crippen LogP contribution in [0.4, 0.5) is 0 Å². The Hall–Kier alpha value is -0.910. The summed E-state index contributed by atoms with van der Waals surface area (Å²) in [5.74, 6) is 0.314. The molecule has 5 heteroatoms. The summed E-state index contributed by atoms with van der Waals surface area (Å²) in [6.45, 7) is 5.76. The minimum absolute atomic E-state index is 0.0600. The first-order valence-electron chi connectivity index (χ1n) is 7.63. The van der Waals surface area contributed by atoms with Crippen LogP contribution < -0.4 is 5.32 Å². The van der Waals surface area contributed by atoms with E-state index in [1.165, 1.54) is 11.3 Å². The normalized spacial score (nSPS) is 22.7. The summed E-state index contributed by atoms with van der Waals surface area (Å²) in [6, 6.07) is 4.10. The van der Waals surface area contributed by atoms with Gasteiger partial charge < -0.3 is 10.2 Å². The average molecular weight is 293 g/mol. The first kappa shape index (κ1) is 14.0. The number of thiophene rings is 1. The van der Waals surface area contributed by atoms with Crippen molar-refractivity contribution in [3.63, 3.8) is 0 Å². The molecule has 2 aliphatic heterocycles. The van der Waals surface area contributed by atoms with E-state index in [2.05, 4.69) is 32.6 Å². The van der Waals surface area contributed by atoms with Crippen LogP contribution in [0, 0.1) is 0 Å². The zero-order chi connectivity index (χ0) is 13.8. The molecular formula is C15H23N3OS. The van der Waals surface area contributed by atoms with Gasteiger partial charge in [-0.15, -0.1) is 11.3 Å². The van der Waals surface area contributed by atoms with Crippen molar-refractivity contribution in [1.29, 1.82) is 0 Å². The highest BCUT2D eigenvalue weighted by molar-refractivity contribution is 7.10. The first-order valence-corrected chi connectivity index (χ1v) is 8.51. The maximum Gasteiger partial charge on any atom is 0.245 e. The molecular weight excluding hydrogens is 270 g/mol. The van der Waals surface area contributed by atoms with Crippen LogP contribution in [0.25, 0.3) is 0 Å². The third-order valence-corrected chi connectivity index (χ3v) is 5.16. The molecule has 0 saturated carbocycles. The number of hydrogen-bond donors (Lipinski definition) is 1. The van der Waals surface area contributed by atoms with Gasteiger partial charge in [0.05, 0.1) is 0 Å². The molecule has 1 unspecified atom stereocenters. The van der Waals surface area contributed by atoms with Gasteiger partial charge in [0, 0.05) is 44.1 Å². The number of likely N-dealkylation sites (tertiary alicyclic amines) is 1. The lowest BCUT2D eigenvalue weighted by atomic mass is 10.1. The highest BCUT2D eigenvalue weighted by Crippen LogP contribution is 2.28. The van der Waals surface area contributed by atoms with E-state index in [-0.39, 0.29) is 6.04 Å². The van der Waals surface area contributed by atoms with Gasteiger partial charge >= 0.3 is 0 Å². The Morgan fingerprint density at radius 3 is 2.55 bits per heavy atom. The number of nitrogens with one attached hydrogen (secondary N) is 1. The van der Waals surface area contributed by atoms with E-state index in [0.717, 1.165) is 52.1 Å². The zero-order valence-corrected chi connectivity index (χ0v) is 12.7. The quantitative estimate of drug-likeness (QED) is 0.921. The van der Waals surface area contributed by atoms with Crippen LogP contribution in [-0.4, -0.2) is 55.0 Å². The summed E-state index contributed by atoms with van der Waals surface area (Å²) in [5.41, 5.74) is 0. The monoisotopic (exact) mass is 293 g/mol. The number of amides is 1. The highest BCUT2D eigenvalue weighted by atomic mass is 32.1. The molecule has 3 rings (SSSR count). The second kappa shape index (κ2) is 6.70. The molecule has 1 atom stereocenters. The number of rotatable bonds is 3. The second-order valence-electron chi connectivity index (χ2n) is 5.59. The molecule has 0 radical (unpaired) electrons. The smallest absolute Gasteiger partial charge is 0.245 e. The molecule has 0 aliphatic carbocycles. The van der Waals surface area contributed by atoms with Crippen LogP contribution in [0.15, 0.2) is 17.5 Å². The van der Waals surface area contributed by atoms with Gasteiger partial charge in [0.1, 0.15) is 6.04 Å². The molecule has 0 spiro atoms. The van der Waals surface area contributed by atoms with Gasteiger partial charge in [0.25, 0.3) is 0 Å². The Labute approximate surface area is 124 Å². The van der Waals surface area contributed by atoms with Crippen molar-refractivity contribution >= 4 is 17.2 Å². The van der Waals surface area contributed by atoms with E-state index in [0.29, 0.717) is 5.91 Å². The van der Waals surface area contributed by atoms with Gasteiger partial charge in [-0.2, -0.15) is 0 Å². The molecule has 1 N–H and O–H groups in total. The van der Waals surface area contributed by atoms with E-state index in [9.17, 15) is 4.79 Å². The summed E-state index contributed by atoms with van der Waals surface area (Å²) in [4.78, 5) is 18.6. The van der Waals surface area contributed by atoms with Gasteiger partial charge in [-0.25, -0.2) is 0 Å². The minimum Gasteiger partial charge on any atom is -0.341 e. The standard InChI is InChI=1S/C15H23N3OS/c19-15(18-8-2-1-3-9-18)14(13-5-4-12-20-13)17-10-6-16-7-11-17/h4-5,12,14,16H,1-3,6-11H2. The number of piperazine rings is 1. The predicted molar refractivity (Wildman–Crippen MR) is 81.9 cm³/mol. The van der Waals surface area contributed by atoms with E-state index in [1.54, 1.807) is 11.3 Å². The second-order valence-corrected chi connectivity index (χ2v) is 6.57. The molecule has 4 nitrogen and oxygen atoms in total. The minimum atomic E-state index is -0.0600. The van der Waals surface area contributed by atoms with Crippen LogP contribution in [0.3, 0.4) is 0 Å². The Bertz CT molecular complexity index is 422. The third kappa shape index (κ3) is 3.05. The molecule has 2 fully saturated rings. The number of carbonyl (C=O) groups excluding carboxylic acids is 1. The summed E-state index contributed by atoms with van der Waals surface area (Å²) in [7, 11) is 0. The van der Waals surface area contributed by atoms with Crippen LogP contribution >= 0.6 is 11.3 Å². The Kier molecular flexibility index (Phi) is 4.70. The third-order valence-electron chi connectivity index (χ3n) is 4.23. The molecule has 2 aliphatic rings. The summed E-state index contributed by atoms with van der Waals surface area (Å²) < 4.78 is 0. The topological polar surface area (TPSA) is 35.6 Å². The van der Waals surface area contributed by atoms with E-state index in [4.69, 9.17) is 0 Å². The fourth-order valence-corrected chi connectivity index (χ4v) is 3.98. The van der Waals surface area contributed by atoms with Gasteiger partial charge in [0.15, 0.2) is 0 Å². The fourth-order valence-electron chi connectivity index (χ4n) is 3.13. The lowest BCUT2D eigenvalue weighted by Gasteiger charge is -2.37. The fraction of sp³-hybridized carbons (Fsp3) is 0.667. The van der Waals surface area contributed by atoms with E-state index >= 15 is 0 Å². The number of carbonyl (C=O) groups is 1. The molecule has 0 aromatic carbocycles. The number of piperidine rings is 1. The largest absolute Gasteiger partial charge is 0.341 e. The SMILES string of the molecule is O=C(C(c1cccs1)N1CCNCC1)N1CCCCC1. The van der Waals surface area contributed by atoms with Crippen molar-refractivity contribution in [1.82, 2.24) is 15.1 Å². The van der Waals surface area contributed by atoms with Crippen LogP contribution in [0.2, 0.25) is 0 Å². The lowest BCUT2D eigenvalue weighted by molar-refractivity contribution is -0.138. The Balaban J connectivity index is 1.78. The average Bonchev–Trinajstić information content (AvgIpc) is 3.03. The lowest BCUT2D eigenvalue weighted by Crippen LogP contribution is -2.50. The molecule has 2 saturated heterocycles. The molecule has 110 valence electrons. The summed E-state index contributed by atoms with van der Waals surface area (Å²) >= 11 is 1.71. The molecule has 0 bridgehead atoms. The van der Waals surface area contributed by atoms with E-state index in [1.807, 2.05) is 0 Å². The van der Waals surface area contributed by atoms with Crippen molar-refractivity contribution in [3.05, 3.63) is 22.4 Å². The van der Waals surface area contributed by atoms with E-state index < -0.39 is 0 Å². The van der Waals surface area contributed by atoms with Crippen LogP contribution in [0.5, 0.6) is 0 Å². The predicted octanol–water partition coefficient (Wildman–Crippen LogP) is 1.71. The Morgan fingerprint density at radius 2 is 1.90 bits per heavy atom. The van der Waals surface area contributed by atoms with Crippen LogP contribution in [0.1, 0.15) is 30.2 Å². The van der Waals surface area contributed by atoms with Crippen LogP contribution in [-0.2, 0) is 4.79 Å². The van der Waals surface area contributed by atoms with Crippen molar-refractivity contribution < 1.29 is 4.79 Å². The number of nitrogens with zero attached hydrogens (tertiary/aromatic N) is 2. The first-order chi connectivity index (χ1) is 9.86. The van der Waals surface area contributed by atoms with Gasteiger partial charge in [-0.1, -0.05) is 6.07 Å². The van der Waals surface area contributed by atoms with Crippen molar-refractivity contribution in [3.8, 4) is 0 Å².